The Morgan fingerprint density at radius 1 is 1.71 bits per heavy atom. The minimum atomic E-state index is -0.180. The fraction of sp³-hybridized carbons (Fsp3) is 0.615. The lowest BCUT2D eigenvalue weighted by Gasteiger charge is -2.16. The van der Waals surface area contributed by atoms with Gasteiger partial charge in [-0.25, -0.2) is 0 Å². The van der Waals surface area contributed by atoms with Gasteiger partial charge in [-0.3, -0.25) is 4.79 Å². The Morgan fingerprint density at radius 2 is 2.47 bits per heavy atom. The van der Waals surface area contributed by atoms with E-state index in [0.29, 0.717) is 0 Å². The number of amides is 1. The van der Waals surface area contributed by atoms with Gasteiger partial charge in [-0.2, -0.15) is 0 Å². The third kappa shape index (κ3) is 2.87. The maximum absolute atomic E-state index is 11.9. The first-order chi connectivity index (χ1) is 8.10. The normalized spacial score (nSPS) is 20.8. The average molecular weight is 253 g/mol. The highest BCUT2D eigenvalue weighted by molar-refractivity contribution is 7.14. The van der Waals surface area contributed by atoms with Crippen LogP contribution in [0.25, 0.3) is 0 Å². The Kier molecular flexibility index (Phi) is 3.84. The number of aliphatic hydroxyl groups is 1. The zero-order valence-corrected chi connectivity index (χ0v) is 11.1. The van der Waals surface area contributed by atoms with Gasteiger partial charge in [-0.1, -0.05) is 6.92 Å². The van der Waals surface area contributed by atoms with Crippen molar-refractivity contribution >= 4 is 17.2 Å². The Labute approximate surface area is 106 Å². The molecule has 1 amide bonds. The van der Waals surface area contributed by atoms with Crippen LogP contribution in [0.4, 0.5) is 0 Å². The van der Waals surface area contributed by atoms with Crippen LogP contribution in [-0.2, 0) is 12.8 Å². The molecule has 1 heterocycles. The maximum Gasteiger partial charge on any atom is 0.261 e. The van der Waals surface area contributed by atoms with Gasteiger partial charge >= 0.3 is 0 Å². The molecule has 0 spiro atoms. The number of carbonyl (C=O) groups is 1. The van der Waals surface area contributed by atoms with Crippen molar-refractivity contribution in [3.8, 4) is 0 Å². The first-order valence-electron chi connectivity index (χ1n) is 6.13. The second kappa shape index (κ2) is 5.19. The number of carbonyl (C=O) groups excluding carboxylic acids is 1. The van der Waals surface area contributed by atoms with E-state index < -0.39 is 0 Å². The second-order valence-corrected chi connectivity index (χ2v) is 6.10. The smallest absolute Gasteiger partial charge is 0.261 e. The van der Waals surface area contributed by atoms with E-state index in [1.807, 2.05) is 6.07 Å². The fourth-order valence-electron chi connectivity index (χ4n) is 2.16. The highest BCUT2D eigenvalue weighted by Crippen LogP contribution is 2.32. The molecule has 0 saturated heterocycles. The van der Waals surface area contributed by atoms with Crippen molar-refractivity contribution in [1.29, 1.82) is 0 Å². The number of hydrogen-bond donors (Lipinski definition) is 2. The van der Waals surface area contributed by atoms with E-state index in [-0.39, 0.29) is 18.6 Å². The Hall–Kier alpha value is -0.870. The van der Waals surface area contributed by atoms with Gasteiger partial charge in [-0.05, 0) is 43.7 Å². The van der Waals surface area contributed by atoms with Crippen molar-refractivity contribution < 1.29 is 9.90 Å². The molecule has 94 valence electrons. The number of rotatable bonds is 3. The molecule has 0 fully saturated rings. The molecule has 1 aliphatic carbocycles. The largest absolute Gasteiger partial charge is 0.394 e. The first-order valence-corrected chi connectivity index (χ1v) is 6.95. The lowest BCUT2D eigenvalue weighted by Crippen LogP contribution is -2.34. The molecular formula is C13H19NO2S. The van der Waals surface area contributed by atoms with Crippen LogP contribution in [-0.4, -0.2) is 23.7 Å². The number of hydrogen-bond acceptors (Lipinski definition) is 3. The summed E-state index contributed by atoms with van der Waals surface area (Å²) >= 11 is 1.60. The molecule has 2 N–H and O–H groups in total. The highest BCUT2D eigenvalue weighted by Gasteiger charge is 2.21. The predicted molar refractivity (Wildman–Crippen MR) is 69.5 cm³/mol. The fourth-order valence-corrected chi connectivity index (χ4v) is 3.27. The van der Waals surface area contributed by atoms with Gasteiger partial charge in [0.25, 0.3) is 5.91 Å². The van der Waals surface area contributed by atoms with Gasteiger partial charge < -0.3 is 10.4 Å². The minimum Gasteiger partial charge on any atom is -0.394 e. The van der Waals surface area contributed by atoms with E-state index in [0.717, 1.165) is 23.6 Å². The SMILES string of the molecule is CC1CCc2sc(C(=O)N[C@@H](C)CO)cc2C1. The molecule has 1 aliphatic rings. The lowest BCUT2D eigenvalue weighted by atomic mass is 9.90. The molecule has 1 unspecified atom stereocenters. The molecule has 17 heavy (non-hydrogen) atoms. The Bertz CT molecular complexity index is 414. The van der Waals surface area contributed by atoms with E-state index in [9.17, 15) is 4.79 Å². The molecule has 1 aromatic rings. The quantitative estimate of drug-likeness (QED) is 0.865. The van der Waals surface area contributed by atoms with E-state index >= 15 is 0 Å². The van der Waals surface area contributed by atoms with Gasteiger partial charge in [0.05, 0.1) is 11.5 Å². The summed E-state index contributed by atoms with van der Waals surface area (Å²) in [6.07, 6.45) is 3.42. The summed E-state index contributed by atoms with van der Waals surface area (Å²) in [6, 6.07) is 1.84. The van der Waals surface area contributed by atoms with E-state index in [1.165, 1.54) is 16.9 Å². The molecule has 1 aromatic heterocycles. The molecule has 2 rings (SSSR count). The summed E-state index contributed by atoms with van der Waals surface area (Å²) < 4.78 is 0. The van der Waals surface area contributed by atoms with Crippen LogP contribution < -0.4 is 5.32 Å². The van der Waals surface area contributed by atoms with Gasteiger partial charge in [-0.15, -0.1) is 11.3 Å². The Balaban J connectivity index is 2.10. The van der Waals surface area contributed by atoms with Crippen LogP contribution in [0.1, 0.15) is 40.4 Å². The van der Waals surface area contributed by atoms with Crippen molar-refractivity contribution in [2.24, 2.45) is 5.92 Å². The van der Waals surface area contributed by atoms with Crippen molar-refractivity contribution in [2.75, 3.05) is 6.61 Å². The summed E-state index contributed by atoms with van der Waals surface area (Å²) in [4.78, 5) is 14.0. The van der Waals surface area contributed by atoms with Crippen LogP contribution in [0, 0.1) is 5.92 Å². The van der Waals surface area contributed by atoms with Crippen LogP contribution >= 0.6 is 11.3 Å². The first kappa shape index (κ1) is 12.6. The predicted octanol–water partition coefficient (Wildman–Crippen LogP) is 1.98. The molecule has 0 aliphatic heterocycles. The zero-order chi connectivity index (χ0) is 12.4. The monoisotopic (exact) mass is 253 g/mol. The van der Waals surface area contributed by atoms with Crippen molar-refractivity contribution in [1.82, 2.24) is 5.32 Å². The molecule has 0 radical (unpaired) electrons. The van der Waals surface area contributed by atoms with Crippen LogP contribution in [0.5, 0.6) is 0 Å². The molecular weight excluding hydrogens is 234 g/mol. The minimum absolute atomic E-state index is 0.0200. The summed E-state index contributed by atoms with van der Waals surface area (Å²) in [5, 5.41) is 11.7. The number of nitrogens with one attached hydrogen (secondary N) is 1. The Morgan fingerprint density at radius 3 is 3.18 bits per heavy atom. The third-order valence-electron chi connectivity index (χ3n) is 3.20. The van der Waals surface area contributed by atoms with Crippen LogP contribution in [0.15, 0.2) is 6.07 Å². The highest BCUT2D eigenvalue weighted by atomic mass is 32.1. The van der Waals surface area contributed by atoms with E-state index in [2.05, 4.69) is 12.2 Å². The summed E-state index contributed by atoms with van der Waals surface area (Å²) in [6.45, 7) is 4.04. The molecule has 0 bridgehead atoms. The van der Waals surface area contributed by atoms with Crippen LogP contribution in [0.2, 0.25) is 0 Å². The average Bonchev–Trinajstić information content (AvgIpc) is 2.71. The van der Waals surface area contributed by atoms with E-state index in [4.69, 9.17) is 5.11 Å². The standard InChI is InChI=1S/C13H19NO2S/c1-8-3-4-11-10(5-8)6-12(17-11)13(16)14-9(2)7-15/h6,8-9,15H,3-5,7H2,1-2H3,(H,14,16)/t8?,9-/m0/s1. The lowest BCUT2D eigenvalue weighted by molar-refractivity contribution is 0.0926. The number of aliphatic hydroxyl groups excluding tert-OH is 1. The summed E-state index contributed by atoms with van der Waals surface area (Å²) in [5.74, 6) is 0.669. The summed E-state index contributed by atoms with van der Waals surface area (Å²) in [7, 11) is 0. The molecule has 3 nitrogen and oxygen atoms in total. The number of aryl methyl sites for hydroxylation is 1. The van der Waals surface area contributed by atoms with Crippen molar-refractivity contribution in [3.63, 3.8) is 0 Å². The zero-order valence-electron chi connectivity index (χ0n) is 10.3. The molecule has 4 heteroatoms. The van der Waals surface area contributed by atoms with Gasteiger partial charge in [0.1, 0.15) is 0 Å². The van der Waals surface area contributed by atoms with E-state index in [1.54, 1.807) is 18.3 Å². The second-order valence-electron chi connectivity index (χ2n) is 4.96. The summed E-state index contributed by atoms with van der Waals surface area (Å²) in [5.41, 5.74) is 1.34. The van der Waals surface area contributed by atoms with Crippen LogP contribution in [0.3, 0.4) is 0 Å². The maximum atomic E-state index is 11.9. The number of fused-ring (bicyclic) bond motifs is 1. The third-order valence-corrected chi connectivity index (χ3v) is 4.44. The molecule has 2 atom stereocenters. The van der Waals surface area contributed by atoms with Gasteiger partial charge in [0.15, 0.2) is 0 Å². The molecule has 0 aromatic carbocycles. The van der Waals surface area contributed by atoms with Gasteiger partial charge in [0.2, 0.25) is 0 Å². The van der Waals surface area contributed by atoms with Crippen molar-refractivity contribution in [3.05, 3.63) is 21.4 Å². The van der Waals surface area contributed by atoms with Gasteiger partial charge in [0, 0.05) is 10.9 Å². The number of thiophene rings is 1. The van der Waals surface area contributed by atoms with Crippen molar-refractivity contribution in [2.45, 2.75) is 39.2 Å². The topological polar surface area (TPSA) is 49.3 Å². The molecule has 0 saturated carbocycles.